The van der Waals surface area contributed by atoms with Crippen molar-refractivity contribution in [2.24, 2.45) is 0 Å². The van der Waals surface area contributed by atoms with Crippen LogP contribution in [0.5, 0.6) is 11.5 Å². The Morgan fingerprint density at radius 2 is 1.92 bits per heavy atom. The number of thioether (sulfide) groups is 1. The zero-order valence-electron chi connectivity index (χ0n) is 13.0. The fourth-order valence-corrected chi connectivity index (χ4v) is 3.45. The second kappa shape index (κ2) is 8.31. The van der Waals surface area contributed by atoms with Crippen LogP contribution >= 0.6 is 23.4 Å². The third kappa shape index (κ3) is 4.58. The van der Waals surface area contributed by atoms with Gasteiger partial charge >= 0.3 is 0 Å². The summed E-state index contributed by atoms with van der Waals surface area (Å²) < 4.78 is 11.4. The lowest BCUT2D eigenvalue weighted by Gasteiger charge is -2.26. The van der Waals surface area contributed by atoms with E-state index in [0.29, 0.717) is 24.7 Å². The predicted octanol–water partition coefficient (Wildman–Crippen LogP) is 3.53. The van der Waals surface area contributed by atoms with E-state index in [0.717, 1.165) is 22.1 Å². The van der Waals surface area contributed by atoms with Crippen LogP contribution in [0.4, 0.5) is 0 Å². The standard InChI is InChI=1S/C18H18ClNO3S/c19-15-6-2-1-5-13(15)11-24-12-18(21)20-9-14-10-22-16-7-3-4-8-17(16)23-14/h1-8,14H,9-12H2,(H,20,21). The van der Waals surface area contributed by atoms with Gasteiger partial charge in [-0.2, -0.15) is 0 Å². The molecule has 0 aliphatic carbocycles. The van der Waals surface area contributed by atoms with Crippen molar-refractivity contribution in [2.75, 3.05) is 18.9 Å². The van der Waals surface area contributed by atoms with Gasteiger partial charge in [-0.05, 0) is 23.8 Å². The Hall–Kier alpha value is -1.85. The van der Waals surface area contributed by atoms with E-state index in [4.69, 9.17) is 21.1 Å². The molecule has 3 rings (SSSR count). The zero-order chi connectivity index (χ0) is 16.8. The third-order valence-corrected chi connectivity index (χ3v) is 4.89. The number of rotatable bonds is 6. The van der Waals surface area contributed by atoms with E-state index < -0.39 is 0 Å². The molecule has 1 heterocycles. The lowest BCUT2D eigenvalue weighted by atomic mass is 10.2. The van der Waals surface area contributed by atoms with Gasteiger partial charge in [-0.3, -0.25) is 4.79 Å². The summed E-state index contributed by atoms with van der Waals surface area (Å²) in [6, 6.07) is 15.2. The second-order valence-electron chi connectivity index (χ2n) is 5.39. The maximum atomic E-state index is 11.9. The lowest BCUT2D eigenvalue weighted by molar-refractivity contribution is -0.119. The molecule has 0 saturated heterocycles. The minimum atomic E-state index is -0.169. The zero-order valence-corrected chi connectivity index (χ0v) is 14.6. The van der Waals surface area contributed by atoms with E-state index in [1.165, 1.54) is 11.8 Å². The molecule has 1 unspecified atom stereocenters. The molecule has 0 radical (unpaired) electrons. The Kier molecular flexibility index (Phi) is 5.88. The molecule has 126 valence electrons. The van der Waals surface area contributed by atoms with Crippen molar-refractivity contribution in [1.29, 1.82) is 0 Å². The van der Waals surface area contributed by atoms with Crippen LogP contribution in [0.1, 0.15) is 5.56 Å². The summed E-state index contributed by atoms with van der Waals surface area (Å²) >= 11 is 7.63. The SMILES string of the molecule is O=C(CSCc1ccccc1Cl)NCC1COc2ccccc2O1. The summed E-state index contributed by atoms with van der Waals surface area (Å²) in [7, 11) is 0. The van der Waals surface area contributed by atoms with Gasteiger partial charge in [0, 0.05) is 10.8 Å². The van der Waals surface area contributed by atoms with Gasteiger partial charge in [-0.15, -0.1) is 11.8 Å². The summed E-state index contributed by atoms with van der Waals surface area (Å²) in [5.41, 5.74) is 1.04. The highest BCUT2D eigenvalue weighted by atomic mass is 35.5. The number of ether oxygens (including phenoxy) is 2. The van der Waals surface area contributed by atoms with Crippen LogP contribution < -0.4 is 14.8 Å². The van der Waals surface area contributed by atoms with E-state index >= 15 is 0 Å². The number of hydrogen-bond acceptors (Lipinski definition) is 4. The molecule has 24 heavy (non-hydrogen) atoms. The number of benzene rings is 2. The van der Waals surface area contributed by atoms with E-state index in [9.17, 15) is 4.79 Å². The van der Waals surface area contributed by atoms with Gasteiger partial charge in [0.1, 0.15) is 12.7 Å². The van der Waals surface area contributed by atoms with Gasteiger partial charge in [0.25, 0.3) is 0 Å². The molecule has 1 atom stereocenters. The number of hydrogen-bond donors (Lipinski definition) is 1. The fourth-order valence-electron chi connectivity index (χ4n) is 2.31. The number of nitrogens with one attached hydrogen (secondary N) is 1. The molecule has 4 nitrogen and oxygen atoms in total. The largest absolute Gasteiger partial charge is 0.486 e. The van der Waals surface area contributed by atoms with Crippen LogP contribution in [0.2, 0.25) is 5.02 Å². The van der Waals surface area contributed by atoms with E-state index in [-0.39, 0.29) is 12.0 Å². The average Bonchev–Trinajstić information content (AvgIpc) is 2.61. The number of fused-ring (bicyclic) bond motifs is 1. The Balaban J connectivity index is 1.38. The van der Waals surface area contributed by atoms with Crippen molar-refractivity contribution in [3.63, 3.8) is 0 Å². The minimum absolute atomic E-state index is 0.0190. The Labute approximate surface area is 150 Å². The number of para-hydroxylation sites is 2. The fraction of sp³-hybridized carbons (Fsp3) is 0.278. The van der Waals surface area contributed by atoms with Crippen molar-refractivity contribution < 1.29 is 14.3 Å². The monoisotopic (exact) mass is 363 g/mol. The van der Waals surface area contributed by atoms with E-state index in [1.54, 1.807) is 0 Å². The van der Waals surface area contributed by atoms with Gasteiger partial charge in [0.05, 0.1) is 12.3 Å². The molecular weight excluding hydrogens is 346 g/mol. The van der Waals surface area contributed by atoms with Gasteiger partial charge in [-0.25, -0.2) is 0 Å². The molecule has 0 fully saturated rings. The van der Waals surface area contributed by atoms with E-state index in [2.05, 4.69) is 5.32 Å². The lowest BCUT2D eigenvalue weighted by Crippen LogP contribution is -2.41. The van der Waals surface area contributed by atoms with Crippen LogP contribution in [0, 0.1) is 0 Å². The number of carbonyl (C=O) groups excluding carboxylic acids is 1. The molecule has 1 amide bonds. The molecule has 2 aromatic carbocycles. The molecule has 0 spiro atoms. The molecule has 1 aliphatic heterocycles. The normalized spacial score (nSPS) is 15.8. The second-order valence-corrected chi connectivity index (χ2v) is 6.78. The van der Waals surface area contributed by atoms with Crippen molar-refractivity contribution in [3.8, 4) is 11.5 Å². The summed E-state index contributed by atoms with van der Waals surface area (Å²) in [5.74, 6) is 2.54. The van der Waals surface area contributed by atoms with Gasteiger partial charge in [0.2, 0.25) is 5.91 Å². The first-order chi connectivity index (χ1) is 11.7. The Morgan fingerprint density at radius 3 is 2.75 bits per heavy atom. The third-order valence-electron chi connectivity index (χ3n) is 3.54. The molecule has 6 heteroatoms. The molecule has 2 aromatic rings. The molecular formula is C18H18ClNO3S. The minimum Gasteiger partial charge on any atom is -0.486 e. The smallest absolute Gasteiger partial charge is 0.230 e. The van der Waals surface area contributed by atoms with Crippen LogP contribution in [-0.4, -0.2) is 30.9 Å². The topological polar surface area (TPSA) is 47.6 Å². The molecule has 0 bridgehead atoms. The first-order valence-corrected chi connectivity index (χ1v) is 9.22. The van der Waals surface area contributed by atoms with Gasteiger partial charge < -0.3 is 14.8 Å². The Bertz CT molecular complexity index is 710. The maximum Gasteiger partial charge on any atom is 0.230 e. The summed E-state index contributed by atoms with van der Waals surface area (Å²) in [4.78, 5) is 11.9. The Morgan fingerprint density at radius 1 is 1.17 bits per heavy atom. The van der Waals surface area contributed by atoms with Gasteiger partial charge in [-0.1, -0.05) is 41.9 Å². The highest BCUT2D eigenvalue weighted by Crippen LogP contribution is 2.30. The van der Waals surface area contributed by atoms with Crippen molar-refractivity contribution in [1.82, 2.24) is 5.32 Å². The van der Waals surface area contributed by atoms with Crippen LogP contribution in [0.3, 0.4) is 0 Å². The molecule has 0 saturated carbocycles. The number of halogens is 1. The van der Waals surface area contributed by atoms with Crippen LogP contribution in [-0.2, 0) is 10.5 Å². The van der Waals surface area contributed by atoms with Crippen LogP contribution in [0.25, 0.3) is 0 Å². The van der Waals surface area contributed by atoms with Crippen molar-refractivity contribution in [3.05, 3.63) is 59.1 Å². The highest BCUT2D eigenvalue weighted by molar-refractivity contribution is 7.99. The summed E-state index contributed by atoms with van der Waals surface area (Å²) in [6.07, 6.45) is -0.169. The average molecular weight is 364 g/mol. The van der Waals surface area contributed by atoms with Crippen molar-refractivity contribution >= 4 is 29.3 Å². The molecule has 0 aromatic heterocycles. The molecule has 1 aliphatic rings. The first kappa shape index (κ1) is 17.0. The first-order valence-electron chi connectivity index (χ1n) is 7.68. The summed E-state index contributed by atoms with van der Waals surface area (Å²) in [5, 5.41) is 3.62. The maximum absolute atomic E-state index is 11.9. The highest BCUT2D eigenvalue weighted by Gasteiger charge is 2.20. The molecule has 1 N–H and O–H groups in total. The van der Waals surface area contributed by atoms with Gasteiger partial charge in [0.15, 0.2) is 11.5 Å². The number of amides is 1. The predicted molar refractivity (Wildman–Crippen MR) is 97.0 cm³/mol. The quantitative estimate of drug-likeness (QED) is 0.853. The van der Waals surface area contributed by atoms with Crippen LogP contribution in [0.15, 0.2) is 48.5 Å². The van der Waals surface area contributed by atoms with E-state index in [1.807, 2.05) is 48.5 Å². The van der Waals surface area contributed by atoms with Crippen molar-refractivity contribution in [2.45, 2.75) is 11.9 Å². The number of carbonyl (C=O) groups is 1. The summed E-state index contributed by atoms with van der Waals surface area (Å²) in [6.45, 7) is 0.865.